The molecule has 0 radical (unpaired) electrons. The molecule has 184 valence electrons. The van der Waals surface area contributed by atoms with E-state index in [1.807, 2.05) is 0 Å². The van der Waals surface area contributed by atoms with Crippen LogP contribution in [0.2, 0.25) is 5.02 Å². The molecular weight excluding hydrogens is 458 g/mol. The van der Waals surface area contributed by atoms with Crippen LogP contribution in [0.5, 0.6) is 0 Å². The Kier molecular flexibility index (Phi) is 9.26. The largest absolute Gasteiger partial charge is 0.497 e. The van der Waals surface area contributed by atoms with Gasteiger partial charge in [0.15, 0.2) is 0 Å². The summed E-state index contributed by atoms with van der Waals surface area (Å²) in [4.78, 5) is 18.8. The maximum Gasteiger partial charge on any atom is 0.251 e. The summed E-state index contributed by atoms with van der Waals surface area (Å²) in [7, 11) is 1.53. The number of aliphatic hydroxyl groups excluding tert-OH is 2. The average Bonchev–Trinajstić information content (AvgIpc) is 2.83. The molecule has 2 aromatic heterocycles. The van der Waals surface area contributed by atoms with Crippen LogP contribution in [0.15, 0.2) is 47.6 Å². The number of nitrogens with zero attached hydrogens (tertiary/aromatic N) is 3. The first-order valence-electron chi connectivity index (χ1n) is 11.1. The molecule has 10 heteroatoms. The van der Waals surface area contributed by atoms with Gasteiger partial charge in [-0.05, 0) is 36.7 Å². The normalized spacial score (nSPS) is 19.2. The van der Waals surface area contributed by atoms with E-state index in [0.717, 1.165) is 18.5 Å². The van der Waals surface area contributed by atoms with Crippen LogP contribution in [0.3, 0.4) is 0 Å². The Labute approximate surface area is 204 Å². The summed E-state index contributed by atoms with van der Waals surface area (Å²) in [6, 6.07) is 4.73. The van der Waals surface area contributed by atoms with Gasteiger partial charge in [-0.1, -0.05) is 18.2 Å². The molecule has 0 aromatic carbocycles. The first-order valence-corrected chi connectivity index (χ1v) is 11.5. The van der Waals surface area contributed by atoms with Crippen LogP contribution in [0, 0.1) is 0 Å². The smallest absolute Gasteiger partial charge is 0.251 e. The average molecular weight is 490 g/mol. The Hall–Kier alpha value is -2.69. The summed E-state index contributed by atoms with van der Waals surface area (Å²) in [5, 5.41) is 23.7. The van der Waals surface area contributed by atoms with Gasteiger partial charge in [-0.3, -0.25) is 14.7 Å². The molecule has 3 rings (SSSR count). The number of β-amino-alcohol motifs (C(OH)–C–C–N with tert-alkyl or cyclic N) is 1. The lowest BCUT2D eigenvalue weighted by Crippen LogP contribution is -2.53. The third kappa shape index (κ3) is 6.46. The van der Waals surface area contributed by atoms with Crippen molar-refractivity contribution in [3.05, 3.63) is 75.1 Å². The van der Waals surface area contributed by atoms with E-state index in [9.17, 15) is 15.0 Å². The van der Waals surface area contributed by atoms with Crippen LogP contribution in [-0.4, -0.2) is 63.6 Å². The highest BCUT2D eigenvalue weighted by Crippen LogP contribution is 2.18. The van der Waals surface area contributed by atoms with Crippen molar-refractivity contribution in [2.75, 3.05) is 32.5 Å². The fourth-order valence-electron chi connectivity index (χ4n) is 3.99. The van der Waals surface area contributed by atoms with Crippen LogP contribution >= 0.6 is 11.6 Å². The van der Waals surface area contributed by atoms with Crippen LogP contribution in [-0.2, 0) is 24.4 Å². The van der Waals surface area contributed by atoms with Crippen molar-refractivity contribution in [2.45, 2.75) is 38.3 Å². The standard InChI is InChI=1S/C24H32ClN5O4/c1-3-17(34-2)11-22-19(26)4-5-24(33)30(22)9-8-29-7-6-20(23(32)14-29)27-12-16-10-18(25)21(15-31)28-13-16/h3-5,10-11,13,20,23,27,31-32H,1,6-9,12,14-15,26H2,2H3/b17-11+/t20-,23+/m0/s1. The molecule has 0 amide bonds. The van der Waals surface area contributed by atoms with E-state index in [4.69, 9.17) is 22.1 Å². The van der Waals surface area contributed by atoms with E-state index in [0.29, 0.717) is 54.0 Å². The second-order valence-electron chi connectivity index (χ2n) is 8.19. The minimum absolute atomic E-state index is 0.0713. The van der Waals surface area contributed by atoms with Gasteiger partial charge >= 0.3 is 0 Å². The zero-order valence-electron chi connectivity index (χ0n) is 19.3. The number of aliphatic hydroxyl groups is 2. The SMILES string of the molecule is C=C/C(=C\c1c(N)ccc(=O)n1CCN1CC[C@H](NCc2cnc(CO)c(Cl)c2)[C@H](O)C1)OC. The van der Waals surface area contributed by atoms with Crippen molar-refractivity contribution < 1.29 is 14.9 Å². The number of nitrogens with two attached hydrogens (primary N) is 1. The van der Waals surface area contributed by atoms with E-state index in [1.54, 1.807) is 35.0 Å². The van der Waals surface area contributed by atoms with E-state index < -0.39 is 6.10 Å². The number of hydrogen-bond donors (Lipinski definition) is 4. The number of hydrogen-bond acceptors (Lipinski definition) is 8. The molecule has 0 bridgehead atoms. The highest BCUT2D eigenvalue weighted by Gasteiger charge is 2.27. The first kappa shape index (κ1) is 25.9. The van der Waals surface area contributed by atoms with Gasteiger partial charge in [0, 0.05) is 50.6 Å². The predicted molar refractivity (Wildman–Crippen MR) is 133 cm³/mol. The topological polar surface area (TPSA) is 126 Å². The lowest BCUT2D eigenvalue weighted by molar-refractivity contribution is 0.0384. The molecule has 9 nitrogen and oxygen atoms in total. The molecule has 2 atom stereocenters. The molecule has 0 aliphatic carbocycles. The maximum absolute atomic E-state index is 12.5. The molecule has 2 aromatic rings. The Morgan fingerprint density at radius 2 is 2.24 bits per heavy atom. The van der Waals surface area contributed by atoms with Crippen molar-refractivity contribution in [1.29, 1.82) is 0 Å². The quantitative estimate of drug-likeness (QED) is 0.291. The highest BCUT2D eigenvalue weighted by molar-refractivity contribution is 6.31. The summed E-state index contributed by atoms with van der Waals surface area (Å²) >= 11 is 6.11. The Bertz CT molecular complexity index is 1090. The fourth-order valence-corrected chi connectivity index (χ4v) is 4.24. The Morgan fingerprint density at radius 1 is 1.44 bits per heavy atom. The Morgan fingerprint density at radius 3 is 2.88 bits per heavy atom. The zero-order valence-corrected chi connectivity index (χ0v) is 20.0. The molecule has 3 heterocycles. The minimum atomic E-state index is -0.563. The number of ether oxygens (including phenoxy) is 1. The lowest BCUT2D eigenvalue weighted by atomic mass is 10.0. The minimum Gasteiger partial charge on any atom is -0.497 e. The van der Waals surface area contributed by atoms with Gasteiger partial charge in [-0.25, -0.2) is 0 Å². The van der Waals surface area contributed by atoms with Gasteiger partial charge in [0.1, 0.15) is 5.76 Å². The molecule has 5 N–H and O–H groups in total. The molecular formula is C24H32ClN5O4. The fraction of sp³-hybridized carbons (Fsp3) is 0.417. The zero-order chi connectivity index (χ0) is 24.7. The lowest BCUT2D eigenvalue weighted by Gasteiger charge is -2.36. The van der Waals surface area contributed by atoms with E-state index in [-0.39, 0.29) is 18.2 Å². The second-order valence-corrected chi connectivity index (χ2v) is 8.60. The summed E-state index contributed by atoms with van der Waals surface area (Å²) < 4.78 is 6.86. The van der Waals surface area contributed by atoms with Crippen molar-refractivity contribution >= 4 is 23.4 Å². The van der Waals surface area contributed by atoms with Crippen LogP contribution in [0.1, 0.15) is 23.4 Å². The Balaban J connectivity index is 1.58. The first-order chi connectivity index (χ1) is 16.4. The van der Waals surface area contributed by atoms with Gasteiger partial charge in [0.25, 0.3) is 5.56 Å². The third-order valence-corrected chi connectivity index (χ3v) is 6.30. The number of aromatic nitrogens is 2. The summed E-state index contributed by atoms with van der Waals surface area (Å²) in [5.74, 6) is 0.510. The maximum atomic E-state index is 12.5. The number of likely N-dealkylation sites (tertiary alicyclic amines) is 1. The van der Waals surface area contributed by atoms with Gasteiger partial charge < -0.3 is 30.6 Å². The molecule has 0 spiro atoms. The summed E-state index contributed by atoms with van der Waals surface area (Å²) in [6.07, 6.45) is 5.11. The summed E-state index contributed by atoms with van der Waals surface area (Å²) in [5.41, 5.74) is 8.34. The number of piperidine rings is 1. The van der Waals surface area contributed by atoms with Gasteiger partial charge in [-0.15, -0.1) is 0 Å². The van der Waals surface area contributed by atoms with Crippen molar-refractivity contribution in [3.63, 3.8) is 0 Å². The van der Waals surface area contributed by atoms with Crippen molar-refractivity contribution in [3.8, 4) is 0 Å². The number of methoxy groups -OCH3 is 1. The molecule has 1 aliphatic heterocycles. The van der Waals surface area contributed by atoms with Crippen LogP contribution in [0.25, 0.3) is 6.08 Å². The summed E-state index contributed by atoms with van der Waals surface area (Å²) in [6.45, 7) is 6.29. The molecule has 34 heavy (non-hydrogen) atoms. The number of anilines is 1. The van der Waals surface area contributed by atoms with Crippen molar-refractivity contribution in [2.24, 2.45) is 0 Å². The second kappa shape index (κ2) is 12.1. The van der Waals surface area contributed by atoms with Gasteiger partial charge in [0.2, 0.25) is 0 Å². The molecule has 0 saturated carbocycles. The predicted octanol–water partition coefficient (Wildman–Crippen LogP) is 1.37. The molecule has 1 aliphatic rings. The highest BCUT2D eigenvalue weighted by atomic mass is 35.5. The number of pyridine rings is 2. The van der Waals surface area contributed by atoms with E-state index in [1.165, 1.54) is 13.2 Å². The van der Waals surface area contributed by atoms with E-state index in [2.05, 4.69) is 21.8 Å². The van der Waals surface area contributed by atoms with Crippen LogP contribution < -0.4 is 16.6 Å². The number of rotatable bonds is 10. The molecule has 1 saturated heterocycles. The number of nitrogen functional groups attached to an aromatic ring is 1. The van der Waals surface area contributed by atoms with Crippen LogP contribution in [0.4, 0.5) is 5.69 Å². The molecule has 0 unspecified atom stereocenters. The number of halogens is 1. The van der Waals surface area contributed by atoms with Gasteiger partial charge in [0.05, 0.1) is 41.9 Å². The monoisotopic (exact) mass is 489 g/mol. The van der Waals surface area contributed by atoms with Gasteiger partial charge in [-0.2, -0.15) is 0 Å². The van der Waals surface area contributed by atoms with E-state index >= 15 is 0 Å². The third-order valence-electron chi connectivity index (χ3n) is 5.97. The van der Waals surface area contributed by atoms with Crippen molar-refractivity contribution in [1.82, 2.24) is 19.8 Å². The molecule has 1 fully saturated rings. The number of allylic oxidation sites excluding steroid dienone is 1. The number of nitrogens with one attached hydrogen (secondary N) is 1.